The molecule has 0 aliphatic rings. The molecule has 0 saturated carbocycles. The van der Waals surface area contributed by atoms with Crippen LogP contribution in [0.25, 0.3) is 0 Å². The fourth-order valence-electron chi connectivity index (χ4n) is 1.50. The van der Waals surface area contributed by atoms with E-state index in [1.165, 1.54) is 14.7 Å². The van der Waals surface area contributed by atoms with Crippen molar-refractivity contribution in [3.8, 4) is 0 Å². The Hall–Kier alpha value is -0.0301. The van der Waals surface area contributed by atoms with E-state index in [0.717, 1.165) is 0 Å². The van der Waals surface area contributed by atoms with Gasteiger partial charge in [0, 0.05) is 0 Å². The van der Waals surface area contributed by atoms with Crippen LogP contribution >= 0.6 is 0 Å². The zero-order chi connectivity index (χ0) is 16.4. The number of aliphatic hydroxyl groups is 2. The fourth-order valence-corrected chi connectivity index (χ4v) is 1.50. The van der Waals surface area contributed by atoms with Gasteiger partial charge in [-0.05, 0) is 54.4 Å². The standard InChI is InChI=1S/C14H30B2O4/c1-10(2)14(9,12(5,6)18)20-16-15-19-13(7,8)11(3,4)17/h10,17-18H,1-9H3. The van der Waals surface area contributed by atoms with Gasteiger partial charge in [-0.15, -0.1) is 0 Å². The van der Waals surface area contributed by atoms with Crippen molar-refractivity contribution in [3.05, 3.63) is 0 Å². The van der Waals surface area contributed by atoms with Crippen LogP contribution in [0.2, 0.25) is 0 Å². The second kappa shape index (κ2) is 6.39. The van der Waals surface area contributed by atoms with Crippen molar-refractivity contribution in [1.82, 2.24) is 0 Å². The topological polar surface area (TPSA) is 58.9 Å². The quantitative estimate of drug-likeness (QED) is 0.528. The molecular weight excluding hydrogens is 254 g/mol. The van der Waals surface area contributed by atoms with Crippen LogP contribution in [0.15, 0.2) is 0 Å². The Kier molecular flexibility index (Phi) is 6.38. The molecule has 0 aromatic rings. The van der Waals surface area contributed by atoms with Crippen molar-refractivity contribution in [2.24, 2.45) is 5.92 Å². The maximum atomic E-state index is 10.3. The van der Waals surface area contributed by atoms with Crippen molar-refractivity contribution < 1.29 is 19.5 Å². The van der Waals surface area contributed by atoms with Crippen LogP contribution in [-0.4, -0.2) is 47.4 Å². The van der Waals surface area contributed by atoms with E-state index in [4.69, 9.17) is 9.31 Å². The van der Waals surface area contributed by atoms with Gasteiger partial charge >= 0.3 is 0 Å². The Balaban J connectivity index is 4.50. The van der Waals surface area contributed by atoms with Crippen LogP contribution in [0.4, 0.5) is 0 Å². The summed E-state index contributed by atoms with van der Waals surface area (Å²) in [5.74, 6) is 0.120. The summed E-state index contributed by atoms with van der Waals surface area (Å²) in [5.41, 5.74) is -3.44. The number of hydrogen-bond donors (Lipinski definition) is 2. The second-order valence-electron chi connectivity index (χ2n) is 7.40. The minimum atomic E-state index is -0.989. The first-order valence-electron chi connectivity index (χ1n) is 7.10. The molecule has 0 aromatic heterocycles. The molecule has 2 radical (unpaired) electrons. The first-order chi connectivity index (χ1) is 8.65. The molecule has 0 bridgehead atoms. The molecular formula is C14H30B2O4. The van der Waals surface area contributed by atoms with Crippen LogP contribution in [0, 0.1) is 5.92 Å². The minimum Gasteiger partial charge on any atom is -0.440 e. The summed E-state index contributed by atoms with van der Waals surface area (Å²) in [6.45, 7) is 16.3. The van der Waals surface area contributed by atoms with Gasteiger partial charge in [0.2, 0.25) is 0 Å². The molecule has 20 heavy (non-hydrogen) atoms. The van der Waals surface area contributed by atoms with Gasteiger partial charge in [-0.3, -0.25) is 0 Å². The summed E-state index contributed by atoms with van der Waals surface area (Å²) in [7, 11) is 2.86. The highest BCUT2D eigenvalue weighted by molar-refractivity contribution is 6.93. The monoisotopic (exact) mass is 284 g/mol. The Morgan fingerprint density at radius 2 is 1.15 bits per heavy atom. The fraction of sp³-hybridized carbons (Fsp3) is 1.00. The third kappa shape index (κ3) is 4.76. The van der Waals surface area contributed by atoms with E-state index in [9.17, 15) is 10.2 Å². The summed E-state index contributed by atoms with van der Waals surface area (Å²) in [5, 5.41) is 20.2. The van der Waals surface area contributed by atoms with Gasteiger partial charge < -0.3 is 19.5 Å². The van der Waals surface area contributed by atoms with Gasteiger partial charge in [-0.2, -0.15) is 0 Å². The first-order valence-corrected chi connectivity index (χ1v) is 7.10. The van der Waals surface area contributed by atoms with Crippen molar-refractivity contribution in [2.75, 3.05) is 0 Å². The highest BCUT2D eigenvalue weighted by Crippen LogP contribution is 2.33. The summed E-state index contributed by atoms with van der Waals surface area (Å²) < 4.78 is 11.3. The molecule has 6 heteroatoms. The lowest BCUT2D eigenvalue weighted by atomic mass is 9.61. The van der Waals surface area contributed by atoms with Crippen molar-refractivity contribution in [2.45, 2.75) is 84.7 Å². The maximum Gasteiger partial charge on any atom is 0.283 e. The van der Waals surface area contributed by atoms with Crippen LogP contribution in [0.1, 0.15) is 62.3 Å². The Morgan fingerprint density at radius 3 is 1.45 bits per heavy atom. The van der Waals surface area contributed by atoms with E-state index in [1.807, 2.05) is 20.8 Å². The smallest absolute Gasteiger partial charge is 0.283 e. The first kappa shape index (κ1) is 20.0. The van der Waals surface area contributed by atoms with E-state index in [-0.39, 0.29) is 5.92 Å². The molecule has 0 aromatic carbocycles. The lowest BCUT2D eigenvalue weighted by molar-refractivity contribution is -0.127. The number of rotatable bonds is 8. The third-order valence-electron chi connectivity index (χ3n) is 4.52. The molecule has 0 fully saturated rings. The zero-order valence-corrected chi connectivity index (χ0v) is 14.4. The average Bonchev–Trinajstić information content (AvgIpc) is 2.20. The molecule has 0 saturated heterocycles. The van der Waals surface area contributed by atoms with Gasteiger partial charge in [-0.25, -0.2) is 0 Å². The molecule has 0 aliphatic carbocycles. The highest BCUT2D eigenvalue weighted by atomic mass is 16.5. The summed E-state index contributed by atoms with van der Waals surface area (Å²) >= 11 is 0. The van der Waals surface area contributed by atoms with Gasteiger partial charge in [0.1, 0.15) is 0 Å². The molecule has 2 N–H and O–H groups in total. The van der Waals surface area contributed by atoms with Gasteiger partial charge in [0.25, 0.3) is 14.7 Å². The van der Waals surface area contributed by atoms with Gasteiger partial charge in [0.05, 0.1) is 22.4 Å². The highest BCUT2D eigenvalue weighted by Gasteiger charge is 2.43. The summed E-state index contributed by atoms with van der Waals surface area (Å²) in [6, 6.07) is 0. The van der Waals surface area contributed by atoms with Crippen molar-refractivity contribution in [3.63, 3.8) is 0 Å². The normalized spacial score (nSPS) is 17.0. The largest absolute Gasteiger partial charge is 0.440 e. The SMILES string of the molecule is CC(C)C(C)(O[B][B]OC(C)(C)C(C)(C)O)C(C)(C)O. The molecule has 1 unspecified atom stereocenters. The van der Waals surface area contributed by atoms with Gasteiger partial charge in [0.15, 0.2) is 0 Å². The molecule has 0 aliphatic heterocycles. The Morgan fingerprint density at radius 1 is 0.750 bits per heavy atom. The summed E-state index contributed by atoms with van der Waals surface area (Å²) in [4.78, 5) is 0. The predicted octanol–water partition coefficient (Wildman–Crippen LogP) is 1.91. The third-order valence-corrected chi connectivity index (χ3v) is 4.52. The predicted molar refractivity (Wildman–Crippen MR) is 83.6 cm³/mol. The number of hydrogen-bond acceptors (Lipinski definition) is 4. The molecule has 0 rings (SSSR count). The summed E-state index contributed by atoms with van der Waals surface area (Å²) in [6.07, 6.45) is 0. The lowest BCUT2D eigenvalue weighted by Crippen LogP contribution is -2.55. The Bertz CT molecular complexity index is 305. The van der Waals surface area contributed by atoms with E-state index in [2.05, 4.69) is 0 Å². The second-order valence-corrected chi connectivity index (χ2v) is 7.40. The zero-order valence-electron chi connectivity index (χ0n) is 14.4. The molecule has 0 spiro atoms. The van der Waals surface area contributed by atoms with E-state index < -0.39 is 22.4 Å². The van der Waals surface area contributed by atoms with Crippen LogP contribution in [-0.2, 0) is 9.31 Å². The van der Waals surface area contributed by atoms with E-state index >= 15 is 0 Å². The molecule has 1 atom stereocenters. The van der Waals surface area contributed by atoms with Crippen LogP contribution in [0.5, 0.6) is 0 Å². The van der Waals surface area contributed by atoms with Gasteiger partial charge in [-0.1, -0.05) is 13.8 Å². The van der Waals surface area contributed by atoms with Crippen LogP contribution in [0.3, 0.4) is 0 Å². The lowest BCUT2D eigenvalue weighted by Gasteiger charge is -2.44. The maximum absolute atomic E-state index is 10.3. The van der Waals surface area contributed by atoms with E-state index in [1.54, 1.807) is 41.5 Å². The molecule has 4 nitrogen and oxygen atoms in total. The molecule has 0 heterocycles. The average molecular weight is 284 g/mol. The molecule has 116 valence electrons. The Labute approximate surface area is 125 Å². The van der Waals surface area contributed by atoms with Crippen LogP contribution < -0.4 is 0 Å². The van der Waals surface area contributed by atoms with Crippen molar-refractivity contribution in [1.29, 1.82) is 0 Å². The van der Waals surface area contributed by atoms with E-state index in [0.29, 0.717) is 0 Å². The van der Waals surface area contributed by atoms with Crippen molar-refractivity contribution >= 4 is 14.7 Å². The molecule has 0 amide bonds. The minimum absolute atomic E-state index is 0.120.